The maximum atomic E-state index is 9.41. The summed E-state index contributed by atoms with van der Waals surface area (Å²) in [6, 6.07) is 10.0. The molecule has 2 aromatic heterocycles. The molecule has 0 radical (unpaired) electrons. The molecule has 0 fully saturated rings. The molecule has 0 aliphatic rings. The van der Waals surface area contributed by atoms with Crippen molar-refractivity contribution in [2.45, 2.75) is 26.5 Å². The van der Waals surface area contributed by atoms with Crippen molar-refractivity contribution in [1.82, 2.24) is 25.0 Å². The van der Waals surface area contributed by atoms with E-state index in [1.165, 1.54) is 0 Å². The van der Waals surface area contributed by atoms with E-state index in [0.717, 1.165) is 5.56 Å². The number of nitrogens with zero attached hydrogens (tertiary/aromatic N) is 5. The molecular formula is C15H18N6O. The van der Waals surface area contributed by atoms with E-state index in [0.29, 0.717) is 35.9 Å². The number of hydrogen-bond acceptors (Lipinski definition) is 6. The van der Waals surface area contributed by atoms with Crippen molar-refractivity contribution in [3.63, 3.8) is 0 Å². The zero-order valence-corrected chi connectivity index (χ0v) is 12.6. The highest BCUT2D eigenvalue weighted by molar-refractivity contribution is 5.82. The Bertz CT molecular complexity index is 768. The lowest BCUT2D eigenvalue weighted by Crippen LogP contribution is -2.16. The number of aliphatic hydroxyl groups excluding tert-OH is 1. The number of aromatic nitrogens is 5. The molecule has 0 unspecified atom stereocenters. The van der Waals surface area contributed by atoms with Gasteiger partial charge in [-0.1, -0.05) is 35.5 Å². The summed E-state index contributed by atoms with van der Waals surface area (Å²) in [5.74, 6) is 1.24. The van der Waals surface area contributed by atoms with E-state index in [1.807, 2.05) is 37.3 Å². The topological polar surface area (TPSA) is 88.8 Å². The Morgan fingerprint density at radius 2 is 2.00 bits per heavy atom. The summed E-state index contributed by atoms with van der Waals surface area (Å²) < 4.78 is 1.76. The maximum absolute atomic E-state index is 9.41. The van der Waals surface area contributed by atoms with Gasteiger partial charge in [0, 0.05) is 6.54 Å². The molecule has 1 atom stereocenters. The van der Waals surface area contributed by atoms with Crippen LogP contribution in [-0.2, 0) is 6.54 Å². The van der Waals surface area contributed by atoms with Gasteiger partial charge in [0.2, 0.25) is 0 Å². The minimum absolute atomic E-state index is 0.400. The average Bonchev–Trinajstić information content (AvgIpc) is 2.89. The molecule has 0 aliphatic heterocycles. The lowest BCUT2D eigenvalue weighted by atomic mass is 10.2. The zero-order chi connectivity index (χ0) is 15.5. The molecule has 1 aromatic carbocycles. The van der Waals surface area contributed by atoms with Crippen LogP contribution in [-0.4, -0.2) is 42.7 Å². The summed E-state index contributed by atoms with van der Waals surface area (Å²) in [5, 5.41) is 20.9. The molecule has 0 saturated heterocycles. The van der Waals surface area contributed by atoms with E-state index >= 15 is 0 Å². The van der Waals surface area contributed by atoms with Crippen molar-refractivity contribution in [2.24, 2.45) is 0 Å². The fourth-order valence-corrected chi connectivity index (χ4v) is 2.20. The number of aryl methyl sites for hydroxylation is 1. The molecule has 0 aliphatic carbocycles. The van der Waals surface area contributed by atoms with Gasteiger partial charge < -0.3 is 10.4 Å². The summed E-state index contributed by atoms with van der Waals surface area (Å²) in [6.45, 7) is 4.54. The first-order valence-electron chi connectivity index (χ1n) is 7.17. The summed E-state index contributed by atoms with van der Waals surface area (Å²) >= 11 is 0. The molecule has 3 aromatic rings. The lowest BCUT2D eigenvalue weighted by molar-refractivity contribution is 0.208. The van der Waals surface area contributed by atoms with Crippen LogP contribution in [0.25, 0.3) is 11.2 Å². The number of nitrogens with one attached hydrogen (secondary N) is 1. The number of benzene rings is 1. The predicted octanol–water partition coefficient (Wildman–Crippen LogP) is 1.37. The monoisotopic (exact) mass is 298 g/mol. The molecule has 0 bridgehead atoms. The van der Waals surface area contributed by atoms with Gasteiger partial charge in [0.25, 0.3) is 0 Å². The Balaban J connectivity index is 1.96. The van der Waals surface area contributed by atoms with E-state index in [-0.39, 0.29) is 0 Å². The summed E-state index contributed by atoms with van der Waals surface area (Å²) in [4.78, 5) is 8.79. The van der Waals surface area contributed by atoms with E-state index in [4.69, 9.17) is 0 Å². The third-order valence-corrected chi connectivity index (χ3v) is 3.21. The van der Waals surface area contributed by atoms with Crippen molar-refractivity contribution in [2.75, 3.05) is 11.9 Å². The minimum atomic E-state index is -0.468. The second-order valence-electron chi connectivity index (χ2n) is 5.25. The molecule has 2 N–H and O–H groups in total. The van der Waals surface area contributed by atoms with Crippen LogP contribution in [0.15, 0.2) is 30.3 Å². The van der Waals surface area contributed by atoms with Crippen LogP contribution >= 0.6 is 0 Å². The van der Waals surface area contributed by atoms with Gasteiger partial charge in [-0.3, -0.25) is 0 Å². The van der Waals surface area contributed by atoms with Crippen LogP contribution in [0.1, 0.15) is 18.3 Å². The smallest absolute Gasteiger partial charge is 0.184 e. The number of rotatable bonds is 5. The highest BCUT2D eigenvalue weighted by Crippen LogP contribution is 2.18. The van der Waals surface area contributed by atoms with E-state index in [1.54, 1.807) is 11.6 Å². The largest absolute Gasteiger partial charge is 0.392 e. The number of hydrogen-bond donors (Lipinski definition) is 2. The predicted molar refractivity (Wildman–Crippen MR) is 83.6 cm³/mol. The molecule has 114 valence electrons. The molecule has 0 saturated carbocycles. The molecule has 2 heterocycles. The Kier molecular flexibility index (Phi) is 3.97. The Morgan fingerprint density at radius 1 is 1.23 bits per heavy atom. The van der Waals surface area contributed by atoms with Crippen molar-refractivity contribution in [3.05, 3.63) is 41.7 Å². The third-order valence-electron chi connectivity index (χ3n) is 3.21. The number of anilines is 1. The van der Waals surface area contributed by atoms with Crippen molar-refractivity contribution in [1.29, 1.82) is 0 Å². The zero-order valence-electron chi connectivity index (χ0n) is 12.6. The van der Waals surface area contributed by atoms with Gasteiger partial charge in [0.05, 0.1) is 12.6 Å². The molecule has 0 amide bonds. The first-order valence-corrected chi connectivity index (χ1v) is 7.17. The molecule has 7 nitrogen and oxygen atoms in total. The average molecular weight is 298 g/mol. The van der Waals surface area contributed by atoms with Gasteiger partial charge in [-0.2, -0.15) is 0 Å². The summed E-state index contributed by atoms with van der Waals surface area (Å²) in [7, 11) is 0. The van der Waals surface area contributed by atoms with E-state index in [9.17, 15) is 5.11 Å². The standard InChI is InChI=1S/C15H18N6O/c1-10(22)8-16-14-13-15(18-11(2)17-14)21(20-19-13)9-12-6-4-3-5-7-12/h3-7,10,22H,8-9H2,1-2H3,(H,16,17,18)/t10-/m0/s1. The van der Waals surface area contributed by atoms with Crippen molar-refractivity contribution < 1.29 is 5.11 Å². The van der Waals surface area contributed by atoms with Gasteiger partial charge in [-0.15, -0.1) is 5.10 Å². The highest BCUT2D eigenvalue weighted by atomic mass is 16.3. The number of aliphatic hydroxyl groups is 1. The minimum Gasteiger partial charge on any atom is -0.392 e. The third kappa shape index (κ3) is 3.04. The Morgan fingerprint density at radius 3 is 2.73 bits per heavy atom. The van der Waals surface area contributed by atoms with Crippen LogP contribution in [0.5, 0.6) is 0 Å². The van der Waals surface area contributed by atoms with Crippen LogP contribution in [0.4, 0.5) is 5.82 Å². The quantitative estimate of drug-likeness (QED) is 0.739. The Labute approximate surface area is 128 Å². The van der Waals surface area contributed by atoms with Gasteiger partial charge in [-0.25, -0.2) is 14.6 Å². The first-order chi connectivity index (χ1) is 10.6. The van der Waals surface area contributed by atoms with E-state index in [2.05, 4.69) is 25.6 Å². The lowest BCUT2D eigenvalue weighted by Gasteiger charge is -2.08. The second kappa shape index (κ2) is 6.07. The number of fused-ring (bicyclic) bond motifs is 1. The highest BCUT2D eigenvalue weighted by Gasteiger charge is 2.13. The van der Waals surface area contributed by atoms with Crippen LogP contribution in [0.2, 0.25) is 0 Å². The molecular weight excluding hydrogens is 280 g/mol. The van der Waals surface area contributed by atoms with Crippen molar-refractivity contribution in [3.8, 4) is 0 Å². The molecule has 22 heavy (non-hydrogen) atoms. The van der Waals surface area contributed by atoms with Gasteiger partial charge in [0.15, 0.2) is 17.0 Å². The maximum Gasteiger partial charge on any atom is 0.184 e. The van der Waals surface area contributed by atoms with E-state index < -0.39 is 6.10 Å². The van der Waals surface area contributed by atoms with Crippen LogP contribution in [0.3, 0.4) is 0 Å². The molecule has 0 spiro atoms. The van der Waals surface area contributed by atoms with Gasteiger partial charge in [0.1, 0.15) is 5.82 Å². The fourth-order valence-electron chi connectivity index (χ4n) is 2.20. The van der Waals surface area contributed by atoms with Crippen LogP contribution in [0, 0.1) is 6.92 Å². The summed E-state index contributed by atoms with van der Waals surface area (Å²) in [6.07, 6.45) is -0.468. The molecule has 7 heteroatoms. The SMILES string of the molecule is Cc1nc(NC[C@H](C)O)c2nnn(Cc3ccccc3)c2n1. The Hall–Kier alpha value is -2.54. The van der Waals surface area contributed by atoms with Crippen LogP contribution < -0.4 is 5.32 Å². The van der Waals surface area contributed by atoms with Gasteiger partial charge in [-0.05, 0) is 19.4 Å². The fraction of sp³-hybridized carbons (Fsp3) is 0.333. The van der Waals surface area contributed by atoms with Crippen molar-refractivity contribution >= 4 is 17.0 Å². The first kappa shape index (κ1) is 14.4. The van der Waals surface area contributed by atoms with Gasteiger partial charge >= 0.3 is 0 Å². The summed E-state index contributed by atoms with van der Waals surface area (Å²) in [5.41, 5.74) is 2.43. The second-order valence-corrected chi connectivity index (χ2v) is 5.25. The normalized spacial score (nSPS) is 12.5. The molecule has 3 rings (SSSR count).